The first-order chi connectivity index (χ1) is 15.4. The molecule has 3 aromatic rings. The van der Waals surface area contributed by atoms with E-state index in [0.29, 0.717) is 5.39 Å². The Morgan fingerprint density at radius 3 is 2.70 bits per heavy atom. The van der Waals surface area contributed by atoms with E-state index in [2.05, 4.69) is 15.3 Å². The molecule has 4 rings (SSSR count). The zero-order valence-electron chi connectivity index (χ0n) is 17.4. The highest BCUT2D eigenvalue weighted by Crippen LogP contribution is 2.36. The second-order valence-electron chi connectivity index (χ2n) is 7.94. The number of piperidine rings is 1. The SMILES string of the molecule is CC1CN(c2nc3cc(F)ccc3cc2C(=O)Nc2ccnc(S(N)(=O)=O)c2)CCC1(F)F. The molecule has 1 aromatic carbocycles. The number of primary sulfonamides is 1. The standard InChI is InChI=1S/C21H20F3N5O3S/c1-12-11-29(7-5-21(12,23)24)19-16(8-13-2-3-14(22)9-17(13)28-19)20(30)27-15-4-6-26-18(10-15)33(25,31)32/h2-4,6,8-10,12H,5,7,11H2,1H3,(H2,25,31,32)(H,26,27,30). The molecule has 33 heavy (non-hydrogen) atoms. The van der Waals surface area contributed by atoms with Gasteiger partial charge in [0.05, 0.1) is 11.1 Å². The molecule has 0 bridgehead atoms. The normalized spacial score (nSPS) is 18.3. The Morgan fingerprint density at radius 1 is 1.24 bits per heavy atom. The molecule has 1 aliphatic rings. The van der Waals surface area contributed by atoms with Crippen molar-refractivity contribution in [2.45, 2.75) is 24.3 Å². The fraction of sp³-hybridized carbons (Fsp3) is 0.286. The van der Waals surface area contributed by atoms with Crippen molar-refractivity contribution in [2.75, 3.05) is 23.3 Å². The van der Waals surface area contributed by atoms with Crippen molar-refractivity contribution in [1.82, 2.24) is 9.97 Å². The highest BCUT2D eigenvalue weighted by molar-refractivity contribution is 7.89. The smallest absolute Gasteiger partial charge is 0.259 e. The summed E-state index contributed by atoms with van der Waals surface area (Å²) >= 11 is 0. The second-order valence-corrected chi connectivity index (χ2v) is 9.44. The first-order valence-electron chi connectivity index (χ1n) is 9.97. The summed E-state index contributed by atoms with van der Waals surface area (Å²) in [7, 11) is -4.09. The topological polar surface area (TPSA) is 118 Å². The van der Waals surface area contributed by atoms with Crippen LogP contribution in [-0.4, -0.2) is 43.3 Å². The summed E-state index contributed by atoms with van der Waals surface area (Å²) in [5.41, 5.74) is 0.454. The lowest BCUT2D eigenvalue weighted by Gasteiger charge is -2.38. The lowest BCUT2D eigenvalue weighted by molar-refractivity contribution is -0.0652. The Balaban J connectivity index is 1.75. The van der Waals surface area contributed by atoms with Crippen LogP contribution in [-0.2, 0) is 10.0 Å². The van der Waals surface area contributed by atoms with Crippen LogP contribution in [0.1, 0.15) is 23.7 Å². The summed E-state index contributed by atoms with van der Waals surface area (Å²) in [5.74, 6) is -4.87. The molecule has 1 aliphatic heterocycles. The molecule has 1 fully saturated rings. The van der Waals surface area contributed by atoms with E-state index in [9.17, 15) is 26.4 Å². The van der Waals surface area contributed by atoms with Crippen molar-refractivity contribution in [2.24, 2.45) is 11.1 Å². The molecule has 0 spiro atoms. The van der Waals surface area contributed by atoms with Gasteiger partial charge in [-0.2, -0.15) is 0 Å². The van der Waals surface area contributed by atoms with Crippen molar-refractivity contribution in [3.63, 3.8) is 0 Å². The number of carbonyl (C=O) groups excluding carboxylic acids is 1. The Hall–Kier alpha value is -3.25. The van der Waals surface area contributed by atoms with Crippen LogP contribution in [0.15, 0.2) is 47.6 Å². The number of hydrogen-bond acceptors (Lipinski definition) is 6. The Kier molecular flexibility index (Phi) is 5.74. The monoisotopic (exact) mass is 479 g/mol. The Bertz CT molecular complexity index is 1350. The Morgan fingerprint density at radius 2 is 2.00 bits per heavy atom. The lowest BCUT2D eigenvalue weighted by atomic mass is 9.95. The summed E-state index contributed by atoms with van der Waals surface area (Å²) in [6, 6.07) is 7.84. The number of amides is 1. The van der Waals surface area contributed by atoms with Gasteiger partial charge in [0, 0.05) is 54.8 Å². The van der Waals surface area contributed by atoms with E-state index in [-0.39, 0.29) is 35.7 Å². The molecule has 3 N–H and O–H groups in total. The quantitative estimate of drug-likeness (QED) is 0.594. The van der Waals surface area contributed by atoms with Crippen molar-refractivity contribution in [1.29, 1.82) is 0 Å². The fourth-order valence-corrected chi connectivity index (χ4v) is 4.16. The molecule has 8 nitrogen and oxygen atoms in total. The van der Waals surface area contributed by atoms with Gasteiger partial charge in [-0.1, -0.05) is 6.92 Å². The molecule has 1 saturated heterocycles. The molecule has 0 saturated carbocycles. The molecular weight excluding hydrogens is 459 g/mol. The molecule has 12 heteroatoms. The number of hydrogen-bond donors (Lipinski definition) is 2. The number of alkyl halides is 2. The van der Waals surface area contributed by atoms with Gasteiger partial charge in [0.1, 0.15) is 11.6 Å². The van der Waals surface area contributed by atoms with Gasteiger partial charge in [0.25, 0.3) is 21.9 Å². The van der Waals surface area contributed by atoms with Crippen molar-refractivity contribution < 1.29 is 26.4 Å². The third-order valence-corrected chi connectivity index (χ3v) is 6.32. The molecular formula is C21H20F3N5O3S. The van der Waals surface area contributed by atoms with Gasteiger partial charge in [-0.3, -0.25) is 4.79 Å². The number of sulfonamides is 1. The maximum atomic E-state index is 14.0. The molecule has 174 valence electrons. The first kappa shape index (κ1) is 22.9. The van der Waals surface area contributed by atoms with Gasteiger partial charge < -0.3 is 10.2 Å². The number of anilines is 2. The maximum absolute atomic E-state index is 14.0. The van der Waals surface area contributed by atoms with Crippen molar-refractivity contribution in [3.8, 4) is 0 Å². The number of benzene rings is 1. The average molecular weight is 479 g/mol. The predicted molar refractivity (Wildman–Crippen MR) is 116 cm³/mol. The lowest BCUT2D eigenvalue weighted by Crippen LogP contribution is -2.46. The number of aromatic nitrogens is 2. The van der Waals surface area contributed by atoms with Crippen LogP contribution < -0.4 is 15.4 Å². The third-order valence-electron chi connectivity index (χ3n) is 5.52. The Labute approximate surface area is 187 Å². The zero-order chi connectivity index (χ0) is 24.0. The van der Waals surface area contributed by atoms with Crippen LogP contribution in [0.25, 0.3) is 10.9 Å². The summed E-state index contributed by atoms with van der Waals surface area (Å²) in [6.07, 6.45) is 0.756. The molecule has 1 unspecified atom stereocenters. The number of pyridine rings is 2. The van der Waals surface area contributed by atoms with Crippen LogP contribution >= 0.6 is 0 Å². The van der Waals surface area contributed by atoms with E-state index >= 15 is 0 Å². The van der Waals surface area contributed by atoms with E-state index in [1.807, 2.05) is 0 Å². The van der Waals surface area contributed by atoms with E-state index in [1.54, 1.807) is 4.90 Å². The fourth-order valence-electron chi connectivity index (χ4n) is 3.66. The van der Waals surface area contributed by atoms with Crippen LogP contribution in [0.4, 0.5) is 24.7 Å². The van der Waals surface area contributed by atoms with Crippen LogP contribution in [0, 0.1) is 11.7 Å². The zero-order valence-corrected chi connectivity index (χ0v) is 18.2. The molecule has 2 aromatic heterocycles. The minimum Gasteiger partial charge on any atom is -0.355 e. The highest BCUT2D eigenvalue weighted by Gasteiger charge is 2.42. The number of fused-ring (bicyclic) bond motifs is 1. The number of halogens is 3. The minimum atomic E-state index is -4.09. The summed E-state index contributed by atoms with van der Waals surface area (Å²) in [4.78, 5) is 22.8. The van der Waals surface area contributed by atoms with Crippen LogP contribution in [0.2, 0.25) is 0 Å². The van der Waals surface area contributed by atoms with Gasteiger partial charge in [-0.15, -0.1) is 0 Å². The largest absolute Gasteiger partial charge is 0.355 e. The van der Waals surface area contributed by atoms with E-state index in [4.69, 9.17) is 5.14 Å². The van der Waals surface area contributed by atoms with Gasteiger partial charge in [0.15, 0.2) is 5.03 Å². The van der Waals surface area contributed by atoms with E-state index in [0.717, 1.165) is 6.07 Å². The first-order valence-corrected chi connectivity index (χ1v) is 11.5. The summed E-state index contributed by atoms with van der Waals surface area (Å²) in [5, 5.41) is 7.69. The molecule has 0 aliphatic carbocycles. The molecule has 1 amide bonds. The number of rotatable bonds is 4. The van der Waals surface area contributed by atoms with Gasteiger partial charge >= 0.3 is 0 Å². The molecule has 3 heterocycles. The molecule has 0 radical (unpaired) electrons. The predicted octanol–water partition coefficient (Wildman–Crippen LogP) is 3.15. The van der Waals surface area contributed by atoms with Crippen molar-refractivity contribution >= 4 is 38.3 Å². The van der Waals surface area contributed by atoms with Crippen LogP contribution in [0.3, 0.4) is 0 Å². The molecule has 1 atom stereocenters. The van der Waals surface area contributed by atoms with Gasteiger partial charge in [0.2, 0.25) is 0 Å². The van der Waals surface area contributed by atoms with Crippen LogP contribution in [0.5, 0.6) is 0 Å². The van der Waals surface area contributed by atoms with Gasteiger partial charge in [-0.05, 0) is 24.3 Å². The number of carbonyl (C=O) groups is 1. The minimum absolute atomic E-state index is 0.0454. The summed E-state index contributed by atoms with van der Waals surface area (Å²) < 4.78 is 64.9. The van der Waals surface area contributed by atoms with Crippen molar-refractivity contribution in [3.05, 3.63) is 54.0 Å². The third kappa shape index (κ3) is 4.76. The number of nitrogens with zero attached hydrogens (tertiary/aromatic N) is 3. The second kappa shape index (κ2) is 8.27. The maximum Gasteiger partial charge on any atom is 0.259 e. The van der Waals surface area contributed by atoms with E-state index < -0.39 is 45.0 Å². The number of nitrogens with one attached hydrogen (secondary N) is 1. The van der Waals surface area contributed by atoms with Gasteiger partial charge in [-0.25, -0.2) is 36.7 Å². The highest BCUT2D eigenvalue weighted by atomic mass is 32.2. The number of nitrogens with two attached hydrogens (primary N) is 1. The van der Waals surface area contributed by atoms with E-state index in [1.165, 1.54) is 43.5 Å². The summed E-state index contributed by atoms with van der Waals surface area (Å²) in [6.45, 7) is 1.32. The average Bonchev–Trinajstić information content (AvgIpc) is 2.74.